The van der Waals surface area contributed by atoms with Gasteiger partial charge in [0.15, 0.2) is 0 Å². The second kappa shape index (κ2) is 11.6. The van der Waals surface area contributed by atoms with Crippen LogP contribution >= 0.6 is 0 Å². The number of benzene rings is 1. The lowest BCUT2D eigenvalue weighted by Gasteiger charge is -2.33. The molecule has 2 N–H and O–H groups in total. The van der Waals surface area contributed by atoms with E-state index in [1.807, 2.05) is 24.3 Å². The fourth-order valence-corrected chi connectivity index (χ4v) is 5.67. The molecule has 0 unspecified atom stereocenters. The molecule has 0 bridgehead atoms. The Bertz CT molecular complexity index is 1400. The second-order valence-corrected chi connectivity index (χ2v) is 11.7. The first-order valence-corrected chi connectivity index (χ1v) is 14.9. The maximum atomic E-state index is 12.6. The Kier molecular flexibility index (Phi) is 8.05. The highest BCUT2D eigenvalue weighted by molar-refractivity contribution is 7.88. The van der Waals surface area contributed by atoms with Crippen LogP contribution in [0.2, 0.25) is 0 Å². The maximum Gasteiger partial charge on any atom is 0.277 e. The van der Waals surface area contributed by atoms with E-state index in [1.165, 1.54) is 23.4 Å². The van der Waals surface area contributed by atoms with Gasteiger partial charge >= 0.3 is 0 Å². The van der Waals surface area contributed by atoms with Crippen LogP contribution in [0.4, 0.5) is 17.5 Å². The van der Waals surface area contributed by atoms with Crippen molar-refractivity contribution in [3.8, 4) is 5.75 Å². The van der Waals surface area contributed by atoms with E-state index in [9.17, 15) is 13.2 Å². The molecule has 13 heteroatoms. The van der Waals surface area contributed by atoms with E-state index >= 15 is 0 Å². The molecule has 4 heterocycles. The molecule has 2 aliphatic rings. The number of piperazine rings is 1. The third kappa shape index (κ3) is 6.40. The number of ether oxygens (including phenoxy) is 1. The van der Waals surface area contributed by atoms with Gasteiger partial charge in [0.1, 0.15) is 29.1 Å². The quantitative estimate of drug-likeness (QED) is 0.433. The lowest BCUT2D eigenvalue weighted by atomic mass is 10.2. The Morgan fingerprint density at radius 3 is 2.37 bits per heavy atom. The van der Waals surface area contributed by atoms with Gasteiger partial charge in [-0.05, 0) is 37.1 Å². The maximum absolute atomic E-state index is 12.6. The summed E-state index contributed by atoms with van der Waals surface area (Å²) in [5.41, 5.74) is 0.930. The number of rotatable bonds is 8. The Labute approximate surface area is 222 Å². The first-order chi connectivity index (χ1) is 18.4. The summed E-state index contributed by atoms with van der Waals surface area (Å²) >= 11 is 0. The summed E-state index contributed by atoms with van der Waals surface area (Å²) in [5, 5.41) is 10.1. The predicted molar refractivity (Wildman–Crippen MR) is 147 cm³/mol. The van der Waals surface area contributed by atoms with Crippen LogP contribution in [0.5, 0.6) is 5.75 Å². The van der Waals surface area contributed by atoms with Crippen LogP contribution in [-0.4, -0.2) is 96.5 Å². The molecule has 2 aliphatic heterocycles. The number of anilines is 3. The van der Waals surface area contributed by atoms with Crippen LogP contribution in [0.25, 0.3) is 10.9 Å². The van der Waals surface area contributed by atoms with Crippen molar-refractivity contribution >= 4 is 38.4 Å². The largest absolute Gasteiger partial charge is 0.492 e. The molecule has 5 rings (SSSR count). The molecular formula is C25H34N8O4S. The molecule has 0 atom stereocenters. The van der Waals surface area contributed by atoms with E-state index in [-0.39, 0.29) is 5.56 Å². The molecule has 2 saturated heterocycles. The van der Waals surface area contributed by atoms with Gasteiger partial charge in [0.25, 0.3) is 5.56 Å². The van der Waals surface area contributed by atoms with Gasteiger partial charge in [-0.2, -0.15) is 14.4 Å². The van der Waals surface area contributed by atoms with Crippen LogP contribution in [0.3, 0.4) is 0 Å². The molecule has 1 aromatic carbocycles. The van der Waals surface area contributed by atoms with Gasteiger partial charge in [-0.1, -0.05) is 12.8 Å². The molecule has 204 valence electrons. The lowest BCUT2D eigenvalue weighted by molar-refractivity contribution is 0.159. The minimum absolute atomic E-state index is 0.343. The SMILES string of the molecule is CS(=O)(=O)N1CCN(CCOc2ccc(Nc3nc(N4CCCCCC4)nc4cn[nH]c(=O)c34)cc2)CC1. The van der Waals surface area contributed by atoms with Gasteiger partial charge in [0, 0.05) is 51.5 Å². The van der Waals surface area contributed by atoms with Crippen molar-refractivity contribution < 1.29 is 13.2 Å². The zero-order chi connectivity index (χ0) is 26.5. The normalized spacial score (nSPS) is 17.9. The molecule has 38 heavy (non-hydrogen) atoms. The molecule has 0 amide bonds. The van der Waals surface area contributed by atoms with Crippen molar-refractivity contribution in [2.75, 3.05) is 68.9 Å². The van der Waals surface area contributed by atoms with Gasteiger partial charge in [0.05, 0.1) is 12.5 Å². The Hall–Kier alpha value is -3.29. The third-order valence-corrected chi connectivity index (χ3v) is 8.29. The summed E-state index contributed by atoms with van der Waals surface area (Å²) in [6.45, 7) is 5.41. The monoisotopic (exact) mass is 542 g/mol. The van der Waals surface area contributed by atoms with E-state index in [4.69, 9.17) is 9.72 Å². The molecule has 0 radical (unpaired) electrons. The minimum atomic E-state index is -3.13. The molecule has 0 spiro atoms. The number of aromatic amines is 1. The van der Waals surface area contributed by atoms with Crippen LogP contribution in [0, 0.1) is 0 Å². The first kappa shape index (κ1) is 26.3. The molecule has 2 fully saturated rings. The lowest BCUT2D eigenvalue weighted by Crippen LogP contribution is -2.49. The van der Waals surface area contributed by atoms with Crippen molar-refractivity contribution in [1.82, 2.24) is 29.4 Å². The molecule has 3 aromatic rings. The first-order valence-electron chi connectivity index (χ1n) is 13.0. The Balaban J connectivity index is 1.23. The highest BCUT2D eigenvalue weighted by Gasteiger charge is 2.23. The fourth-order valence-electron chi connectivity index (χ4n) is 4.84. The van der Waals surface area contributed by atoms with E-state index < -0.39 is 10.0 Å². The summed E-state index contributed by atoms with van der Waals surface area (Å²) in [6.07, 6.45) is 7.39. The highest BCUT2D eigenvalue weighted by atomic mass is 32.2. The van der Waals surface area contributed by atoms with E-state index in [0.717, 1.165) is 43.9 Å². The fraction of sp³-hybridized carbons (Fsp3) is 0.520. The van der Waals surface area contributed by atoms with Crippen molar-refractivity contribution in [3.63, 3.8) is 0 Å². The van der Waals surface area contributed by atoms with Crippen molar-refractivity contribution in [2.45, 2.75) is 25.7 Å². The standard InChI is InChI=1S/C25H34N8O4S/c1-38(35,36)33-14-12-31(13-15-33)16-17-37-20-8-6-19(7-9-20)27-23-22-21(18-26-30-24(22)34)28-25(29-23)32-10-4-2-3-5-11-32/h6-9,18H,2-5,10-17H2,1H3,(H,30,34)(H,27,28,29). The summed E-state index contributed by atoms with van der Waals surface area (Å²) in [6, 6.07) is 7.51. The molecule has 0 aliphatic carbocycles. The van der Waals surface area contributed by atoms with Crippen LogP contribution in [0.1, 0.15) is 25.7 Å². The van der Waals surface area contributed by atoms with Crippen LogP contribution in [-0.2, 0) is 10.0 Å². The number of sulfonamides is 1. The number of aromatic nitrogens is 4. The van der Waals surface area contributed by atoms with Crippen LogP contribution in [0.15, 0.2) is 35.3 Å². The van der Waals surface area contributed by atoms with Gasteiger partial charge in [-0.25, -0.2) is 18.5 Å². The summed E-state index contributed by atoms with van der Waals surface area (Å²) < 4.78 is 30.8. The number of nitrogens with zero attached hydrogens (tertiary/aromatic N) is 6. The smallest absolute Gasteiger partial charge is 0.277 e. The zero-order valence-corrected chi connectivity index (χ0v) is 22.4. The van der Waals surface area contributed by atoms with Crippen molar-refractivity contribution in [2.24, 2.45) is 0 Å². The molecule has 12 nitrogen and oxygen atoms in total. The minimum Gasteiger partial charge on any atom is -0.492 e. The summed E-state index contributed by atoms with van der Waals surface area (Å²) in [5.74, 6) is 1.77. The van der Waals surface area contributed by atoms with Gasteiger partial charge in [0.2, 0.25) is 16.0 Å². The van der Waals surface area contributed by atoms with E-state index in [1.54, 1.807) is 6.20 Å². The number of H-pyrrole nitrogens is 1. The Morgan fingerprint density at radius 2 is 1.68 bits per heavy atom. The molecule has 2 aromatic heterocycles. The number of nitrogens with one attached hydrogen (secondary N) is 2. The Morgan fingerprint density at radius 1 is 0.974 bits per heavy atom. The van der Waals surface area contributed by atoms with Gasteiger partial charge < -0.3 is 15.0 Å². The zero-order valence-electron chi connectivity index (χ0n) is 21.6. The average molecular weight is 543 g/mol. The number of fused-ring (bicyclic) bond motifs is 1. The van der Waals surface area contributed by atoms with E-state index in [0.29, 0.717) is 55.5 Å². The third-order valence-electron chi connectivity index (χ3n) is 6.99. The van der Waals surface area contributed by atoms with Crippen molar-refractivity contribution in [1.29, 1.82) is 0 Å². The predicted octanol–water partition coefficient (Wildman–Crippen LogP) is 1.79. The summed E-state index contributed by atoms with van der Waals surface area (Å²) in [7, 11) is -3.13. The number of hydrogen-bond donors (Lipinski definition) is 2. The summed E-state index contributed by atoms with van der Waals surface area (Å²) in [4.78, 5) is 26.4. The van der Waals surface area contributed by atoms with Gasteiger partial charge in [-0.3, -0.25) is 9.69 Å². The van der Waals surface area contributed by atoms with Gasteiger partial charge in [-0.15, -0.1) is 0 Å². The highest BCUT2D eigenvalue weighted by Crippen LogP contribution is 2.26. The second-order valence-electron chi connectivity index (χ2n) is 9.73. The molecular weight excluding hydrogens is 508 g/mol. The van der Waals surface area contributed by atoms with E-state index in [2.05, 4.69) is 30.3 Å². The average Bonchev–Trinajstić information content (AvgIpc) is 3.19. The molecule has 0 saturated carbocycles. The van der Waals surface area contributed by atoms with Crippen molar-refractivity contribution in [3.05, 3.63) is 40.8 Å². The van der Waals surface area contributed by atoms with Crippen LogP contribution < -0.4 is 20.5 Å². The topological polar surface area (TPSA) is 137 Å². The number of hydrogen-bond acceptors (Lipinski definition) is 10.